The van der Waals surface area contributed by atoms with Gasteiger partial charge in [0.1, 0.15) is 44.7 Å². The normalized spacial score (nSPS) is 16.5. The predicted molar refractivity (Wildman–Crippen MR) is 119 cm³/mol. The lowest BCUT2D eigenvalue weighted by Crippen LogP contribution is -2.53. The van der Waals surface area contributed by atoms with E-state index in [9.17, 15) is 75.4 Å². The van der Waals surface area contributed by atoms with Crippen molar-refractivity contribution in [3.8, 4) is 0 Å². The summed E-state index contributed by atoms with van der Waals surface area (Å²) in [5, 5.41) is 44.0. The van der Waals surface area contributed by atoms with Crippen molar-refractivity contribution in [1.82, 2.24) is 0 Å². The van der Waals surface area contributed by atoms with E-state index in [2.05, 4.69) is 37.9 Å². The lowest BCUT2D eigenvalue weighted by atomic mass is 10.4. The Morgan fingerprint density at radius 1 is 0.340 bits per heavy atom. The van der Waals surface area contributed by atoms with Crippen LogP contribution in [0, 0.1) is 0 Å². The summed E-state index contributed by atoms with van der Waals surface area (Å²) in [6, 6.07) is 0. The molecule has 0 aliphatic carbocycles. The molecule has 0 radical (unpaired) electrons. The molecule has 50 heavy (non-hydrogen) atoms. The maximum atomic E-state index is 13.6. The smallest absolute Gasteiger partial charge is 0.394 e. The first-order valence-corrected chi connectivity index (χ1v) is 12.7. The average Bonchev–Trinajstić information content (AvgIpc) is 2.89. The van der Waals surface area contributed by atoms with Crippen LogP contribution in [0.2, 0.25) is 0 Å². The first-order chi connectivity index (χ1) is 22.3. The van der Waals surface area contributed by atoms with Crippen LogP contribution in [0.1, 0.15) is 0 Å². The van der Waals surface area contributed by atoms with Crippen LogP contribution < -0.4 is 0 Å². The van der Waals surface area contributed by atoms with Gasteiger partial charge in [0.05, 0.1) is 39.6 Å². The molecule has 0 bridgehead atoms. The second-order valence-electron chi connectivity index (χ2n) is 9.41. The highest BCUT2D eigenvalue weighted by Crippen LogP contribution is 2.44. The molecule has 0 heterocycles. The third-order valence-corrected chi connectivity index (χ3v) is 4.53. The monoisotopic (exact) mass is 792 g/mol. The van der Waals surface area contributed by atoms with Gasteiger partial charge >= 0.3 is 48.9 Å². The fourth-order valence-corrected chi connectivity index (χ4v) is 2.51. The highest BCUT2D eigenvalue weighted by atomic mass is 19.4. The number of ether oxygens (including phenoxy) is 8. The molecule has 29 heteroatoms. The molecule has 0 amide bonds. The largest absolute Gasteiger partial charge is 0.453 e. The Kier molecular flexibility index (Phi) is 18.3. The first kappa shape index (κ1) is 48.4. The van der Waals surface area contributed by atoms with Crippen molar-refractivity contribution in [2.45, 2.75) is 67.2 Å². The summed E-state index contributed by atoms with van der Waals surface area (Å²) < 4.78 is 242. The summed E-state index contributed by atoms with van der Waals surface area (Å²) in [7, 11) is 0. The molecule has 0 rings (SSSR count). The summed E-state index contributed by atoms with van der Waals surface area (Å²) in [6.45, 7) is -17.1. The van der Waals surface area contributed by atoms with Crippen molar-refractivity contribution in [2.24, 2.45) is 0 Å². The van der Waals surface area contributed by atoms with Gasteiger partial charge in [-0.2, -0.15) is 70.2 Å². The number of hydrogen-bond acceptors (Lipinski definition) is 13. The maximum absolute atomic E-state index is 13.6. The van der Waals surface area contributed by atoms with Crippen LogP contribution in [-0.2, 0) is 37.9 Å². The summed E-state index contributed by atoms with van der Waals surface area (Å²) in [5.74, 6) is 0. The highest BCUT2D eigenvalue weighted by molar-refractivity contribution is 4.74. The highest BCUT2D eigenvalue weighted by Gasteiger charge is 2.68. The van der Waals surface area contributed by atoms with E-state index in [1.165, 1.54) is 0 Å². The Labute approximate surface area is 268 Å². The van der Waals surface area contributed by atoms with Gasteiger partial charge in [0.25, 0.3) is 0 Å². The number of alkyl halides is 16. The van der Waals surface area contributed by atoms with E-state index in [-0.39, 0.29) is 0 Å². The summed E-state index contributed by atoms with van der Waals surface area (Å²) in [4.78, 5) is 0. The molecule has 0 aromatic heterocycles. The van der Waals surface area contributed by atoms with Crippen molar-refractivity contribution < 1.29 is 134 Å². The van der Waals surface area contributed by atoms with Crippen LogP contribution in [0.4, 0.5) is 70.2 Å². The number of halogens is 16. The van der Waals surface area contributed by atoms with Crippen molar-refractivity contribution in [2.75, 3.05) is 66.1 Å². The van der Waals surface area contributed by atoms with Gasteiger partial charge in [-0.05, 0) is 0 Å². The standard InChI is InChI=1S/C21H28F16O13/c22-14(23,7-43-3-11(40)1-38)47-18(30,31)20(34,35)49-16(26,27)9-45-5-13(42)6-46-10-17(28,29)50-21(36,37)19(32,33)48-15(24,25)8-44-4-12(41)2-39/h11-13,38-42H,1-10H2. The molecular weight excluding hydrogens is 764 g/mol. The molecule has 2 atom stereocenters. The molecule has 302 valence electrons. The van der Waals surface area contributed by atoms with Crippen molar-refractivity contribution in [3.05, 3.63) is 0 Å². The zero-order chi connectivity index (χ0) is 39.5. The van der Waals surface area contributed by atoms with Gasteiger partial charge in [0, 0.05) is 0 Å². The third-order valence-electron chi connectivity index (χ3n) is 4.53. The summed E-state index contributed by atoms with van der Waals surface area (Å²) >= 11 is 0. The van der Waals surface area contributed by atoms with Gasteiger partial charge in [-0.25, -0.2) is 18.9 Å². The Morgan fingerprint density at radius 2 is 0.520 bits per heavy atom. The van der Waals surface area contributed by atoms with Crippen LogP contribution in [-0.4, -0.2) is 159 Å². The molecule has 0 aliphatic rings. The fraction of sp³-hybridized carbons (Fsp3) is 1.00. The fourth-order valence-electron chi connectivity index (χ4n) is 2.51. The molecule has 0 fully saturated rings. The average molecular weight is 792 g/mol. The minimum atomic E-state index is -6.56. The molecule has 0 aromatic carbocycles. The number of rotatable bonds is 28. The van der Waals surface area contributed by atoms with Crippen LogP contribution in [0.25, 0.3) is 0 Å². The second kappa shape index (κ2) is 18.9. The zero-order valence-corrected chi connectivity index (χ0v) is 24.4. The van der Waals surface area contributed by atoms with E-state index in [1.807, 2.05) is 0 Å². The zero-order valence-electron chi connectivity index (χ0n) is 24.4. The second-order valence-corrected chi connectivity index (χ2v) is 9.41. The number of aliphatic hydroxyl groups excluding tert-OH is 5. The van der Waals surface area contributed by atoms with Crippen LogP contribution in [0.3, 0.4) is 0 Å². The van der Waals surface area contributed by atoms with E-state index in [4.69, 9.17) is 20.4 Å². The van der Waals surface area contributed by atoms with Gasteiger partial charge in [0.2, 0.25) is 0 Å². The van der Waals surface area contributed by atoms with Gasteiger partial charge in [-0.15, -0.1) is 0 Å². The van der Waals surface area contributed by atoms with E-state index in [1.54, 1.807) is 0 Å². The molecule has 0 saturated heterocycles. The minimum Gasteiger partial charge on any atom is -0.394 e. The Balaban J connectivity index is 4.91. The van der Waals surface area contributed by atoms with E-state index in [0.717, 1.165) is 0 Å². The molecular formula is C21H28F16O13. The van der Waals surface area contributed by atoms with Crippen LogP contribution >= 0.6 is 0 Å². The maximum Gasteiger partial charge on any atom is 0.453 e. The van der Waals surface area contributed by atoms with Crippen molar-refractivity contribution >= 4 is 0 Å². The van der Waals surface area contributed by atoms with Crippen molar-refractivity contribution in [1.29, 1.82) is 0 Å². The third kappa shape index (κ3) is 18.2. The summed E-state index contributed by atoms with van der Waals surface area (Å²) in [5.41, 5.74) is 0. The summed E-state index contributed by atoms with van der Waals surface area (Å²) in [6.07, 6.45) is -53.9. The topological polar surface area (TPSA) is 175 Å². The molecule has 0 aromatic rings. The molecule has 0 saturated carbocycles. The van der Waals surface area contributed by atoms with Crippen molar-refractivity contribution in [3.63, 3.8) is 0 Å². The lowest BCUT2D eigenvalue weighted by Gasteiger charge is -2.31. The molecule has 0 aliphatic heterocycles. The molecule has 0 spiro atoms. The van der Waals surface area contributed by atoms with E-state index in [0.29, 0.717) is 0 Å². The van der Waals surface area contributed by atoms with Gasteiger partial charge in [0.15, 0.2) is 0 Å². The number of hydrogen-bond donors (Lipinski definition) is 5. The quantitative estimate of drug-likeness (QED) is 0.0729. The van der Waals surface area contributed by atoms with Crippen LogP contribution in [0.5, 0.6) is 0 Å². The Morgan fingerprint density at radius 3 is 0.700 bits per heavy atom. The Bertz CT molecular complexity index is 906. The number of aliphatic hydroxyl groups is 5. The van der Waals surface area contributed by atoms with E-state index < -0.39 is 133 Å². The lowest BCUT2D eigenvalue weighted by molar-refractivity contribution is -0.516. The van der Waals surface area contributed by atoms with E-state index >= 15 is 0 Å². The Hall–Kier alpha value is -1.64. The van der Waals surface area contributed by atoms with Gasteiger partial charge in [-0.3, -0.25) is 0 Å². The SMILES string of the molecule is OCC(O)COCC(F)(F)OC(F)(F)C(F)(F)OC(F)(F)COCC(O)COCC(F)(F)OC(F)(F)C(F)(F)OC(F)(F)COCC(O)CO. The predicted octanol–water partition coefficient (Wildman–Crippen LogP) is 1.93. The first-order valence-electron chi connectivity index (χ1n) is 12.7. The van der Waals surface area contributed by atoms with Gasteiger partial charge < -0.3 is 44.5 Å². The molecule has 2 unspecified atom stereocenters. The van der Waals surface area contributed by atoms with Crippen LogP contribution in [0.15, 0.2) is 0 Å². The van der Waals surface area contributed by atoms with Gasteiger partial charge in [-0.1, -0.05) is 0 Å². The minimum absolute atomic E-state index is 1.06. The molecule has 13 nitrogen and oxygen atoms in total. The molecule has 5 N–H and O–H groups in total.